The van der Waals surface area contributed by atoms with Gasteiger partial charge in [0.05, 0.1) is 17.5 Å². The molecule has 0 spiro atoms. The second kappa shape index (κ2) is 6.67. The molecular formula is C17H15ClN2O3S. The highest BCUT2D eigenvalue weighted by atomic mass is 35.5. The van der Waals surface area contributed by atoms with Crippen LogP contribution < -0.4 is 4.72 Å². The molecule has 0 saturated carbocycles. The summed E-state index contributed by atoms with van der Waals surface area (Å²) in [6, 6.07) is 14.3. The Morgan fingerprint density at radius 3 is 2.54 bits per heavy atom. The van der Waals surface area contributed by atoms with Gasteiger partial charge in [-0.25, -0.2) is 8.42 Å². The molecule has 2 aromatic carbocycles. The lowest BCUT2D eigenvalue weighted by atomic mass is 10.1. The van der Waals surface area contributed by atoms with Crippen LogP contribution in [0.2, 0.25) is 5.02 Å². The van der Waals surface area contributed by atoms with Gasteiger partial charge in [-0.2, -0.15) is 0 Å². The van der Waals surface area contributed by atoms with Crippen molar-refractivity contribution >= 4 is 27.5 Å². The van der Waals surface area contributed by atoms with Gasteiger partial charge in [0, 0.05) is 5.02 Å². The lowest BCUT2D eigenvalue weighted by Gasteiger charge is -2.09. The average Bonchev–Trinajstić information content (AvgIpc) is 2.97. The molecule has 0 amide bonds. The molecule has 0 unspecified atom stereocenters. The minimum absolute atomic E-state index is 0.0888. The normalized spacial score (nSPS) is 11.4. The first-order valence-corrected chi connectivity index (χ1v) is 9.23. The fraction of sp³-hybridized carbons (Fsp3) is 0.118. The lowest BCUT2D eigenvalue weighted by molar-refractivity contribution is 0.435. The first-order chi connectivity index (χ1) is 11.4. The summed E-state index contributed by atoms with van der Waals surface area (Å²) in [6.07, 6.45) is 1.47. The zero-order valence-electron chi connectivity index (χ0n) is 12.9. The van der Waals surface area contributed by atoms with Crippen LogP contribution in [0.25, 0.3) is 11.1 Å². The summed E-state index contributed by atoms with van der Waals surface area (Å²) >= 11 is 5.87. The number of nitrogens with one attached hydrogen (secondary N) is 1. The minimum atomic E-state index is -3.63. The summed E-state index contributed by atoms with van der Waals surface area (Å²) < 4.78 is 32.4. The van der Waals surface area contributed by atoms with E-state index in [1.807, 2.05) is 25.1 Å². The molecule has 0 fully saturated rings. The van der Waals surface area contributed by atoms with E-state index >= 15 is 0 Å². The van der Waals surface area contributed by atoms with Crippen molar-refractivity contribution in [1.29, 1.82) is 0 Å². The molecule has 3 rings (SSSR count). The highest BCUT2D eigenvalue weighted by molar-refractivity contribution is 7.91. The van der Waals surface area contributed by atoms with Crippen LogP contribution in [-0.4, -0.2) is 13.6 Å². The van der Waals surface area contributed by atoms with Crippen molar-refractivity contribution < 1.29 is 12.9 Å². The molecule has 5 nitrogen and oxygen atoms in total. The van der Waals surface area contributed by atoms with E-state index in [1.165, 1.54) is 6.20 Å². The maximum Gasteiger partial charge on any atom is 0.245 e. The van der Waals surface area contributed by atoms with Crippen molar-refractivity contribution in [2.75, 3.05) is 4.72 Å². The van der Waals surface area contributed by atoms with Crippen LogP contribution in [0.4, 0.5) is 5.88 Å². The van der Waals surface area contributed by atoms with Crippen LogP contribution in [-0.2, 0) is 15.8 Å². The Morgan fingerprint density at radius 1 is 1.12 bits per heavy atom. The molecule has 0 aliphatic rings. The summed E-state index contributed by atoms with van der Waals surface area (Å²) in [5.74, 6) is -0.0497. The zero-order valence-corrected chi connectivity index (χ0v) is 14.4. The number of benzene rings is 2. The summed E-state index contributed by atoms with van der Waals surface area (Å²) in [7, 11) is -3.63. The second-order valence-electron chi connectivity index (χ2n) is 5.36. The Bertz CT molecular complexity index is 950. The van der Waals surface area contributed by atoms with Crippen LogP contribution in [0.5, 0.6) is 0 Å². The van der Waals surface area contributed by atoms with Gasteiger partial charge in [-0.1, -0.05) is 53.2 Å². The van der Waals surface area contributed by atoms with Crippen molar-refractivity contribution in [3.8, 4) is 11.1 Å². The molecule has 0 bridgehead atoms. The predicted molar refractivity (Wildman–Crippen MR) is 94.4 cm³/mol. The molecule has 1 heterocycles. The highest BCUT2D eigenvalue weighted by Gasteiger charge is 2.19. The van der Waals surface area contributed by atoms with Crippen molar-refractivity contribution in [3.63, 3.8) is 0 Å². The van der Waals surface area contributed by atoms with Gasteiger partial charge in [0.15, 0.2) is 0 Å². The fourth-order valence-corrected chi connectivity index (χ4v) is 3.66. The Hall–Kier alpha value is -2.31. The van der Waals surface area contributed by atoms with E-state index in [2.05, 4.69) is 9.88 Å². The van der Waals surface area contributed by atoms with Gasteiger partial charge in [-0.05, 0) is 35.7 Å². The molecule has 1 aromatic heterocycles. The third kappa shape index (κ3) is 3.77. The molecule has 0 saturated heterocycles. The molecule has 24 heavy (non-hydrogen) atoms. The van der Waals surface area contributed by atoms with E-state index in [4.69, 9.17) is 16.1 Å². The summed E-state index contributed by atoms with van der Waals surface area (Å²) in [5, 5.41) is 4.29. The number of hydrogen-bond donors (Lipinski definition) is 1. The molecule has 3 aromatic rings. The van der Waals surface area contributed by atoms with Crippen LogP contribution >= 0.6 is 11.6 Å². The van der Waals surface area contributed by atoms with Gasteiger partial charge in [-0.3, -0.25) is 4.72 Å². The lowest BCUT2D eigenvalue weighted by Crippen LogP contribution is -2.15. The summed E-state index contributed by atoms with van der Waals surface area (Å²) in [4.78, 5) is 0. The maximum atomic E-state index is 12.4. The third-order valence-corrected chi connectivity index (χ3v) is 5.02. The number of rotatable bonds is 5. The van der Waals surface area contributed by atoms with E-state index in [1.54, 1.807) is 30.3 Å². The number of aryl methyl sites for hydroxylation is 1. The Morgan fingerprint density at radius 2 is 1.83 bits per heavy atom. The molecular weight excluding hydrogens is 348 g/mol. The minimum Gasteiger partial charge on any atom is -0.337 e. The smallest absolute Gasteiger partial charge is 0.245 e. The quantitative estimate of drug-likeness (QED) is 0.736. The molecule has 0 atom stereocenters. The van der Waals surface area contributed by atoms with Crippen molar-refractivity contribution in [2.45, 2.75) is 12.7 Å². The first kappa shape index (κ1) is 16.5. The van der Waals surface area contributed by atoms with E-state index in [9.17, 15) is 8.42 Å². The van der Waals surface area contributed by atoms with Crippen LogP contribution in [0.15, 0.2) is 59.3 Å². The monoisotopic (exact) mass is 362 g/mol. The fourth-order valence-electron chi connectivity index (χ4n) is 2.30. The number of anilines is 1. The number of halogens is 1. The number of aromatic nitrogens is 1. The number of sulfonamides is 1. The van der Waals surface area contributed by atoms with Crippen LogP contribution in [0.3, 0.4) is 0 Å². The number of hydrogen-bond acceptors (Lipinski definition) is 4. The van der Waals surface area contributed by atoms with E-state index in [-0.39, 0.29) is 11.6 Å². The second-order valence-corrected chi connectivity index (χ2v) is 7.52. The Labute approximate surface area is 145 Å². The third-order valence-electron chi connectivity index (χ3n) is 3.58. The summed E-state index contributed by atoms with van der Waals surface area (Å²) in [6.45, 7) is 1.87. The van der Waals surface area contributed by atoms with Crippen molar-refractivity contribution in [2.24, 2.45) is 0 Å². The van der Waals surface area contributed by atoms with Gasteiger partial charge in [0.25, 0.3) is 0 Å². The molecule has 0 radical (unpaired) electrons. The van der Waals surface area contributed by atoms with Gasteiger partial charge in [-0.15, -0.1) is 0 Å². The molecule has 0 aliphatic heterocycles. The number of nitrogens with zero attached hydrogens (tertiary/aromatic N) is 1. The standard InChI is InChI=1S/C17H15ClN2O3S/c1-12-4-2-3-5-14(12)11-24(21,22)20-17-16(10-19-23-17)13-6-8-15(18)9-7-13/h2-10,20H,11H2,1H3. The Kier molecular flexibility index (Phi) is 4.59. The maximum absolute atomic E-state index is 12.4. The van der Waals surface area contributed by atoms with E-state index in [0.717, 1.165) is 16.7 Å². The van der Waals surface area contributed by atoms with E-state index < -0.39 is 10.0 Å². The topological polar surface area (TPSA) is 72.2 Å². The van der Waals surface area contributed by atoms with Crippen molar-refractivity contribution in [1.82, 2.24) is 5.16 Å². The van der Waals surface area contributed by atoms with Crippen LogP contribution in [0, 0.1) is 6.92 Å². The molecule has 124 valence electrons. The van der Waals surface area contributed by atoms with Crippen molar-refractivity contribution in [3.05, 3.63) is 70.9 Å². The van der Waals surface area contributed by atoms with Crippen LogP contribution in [0.1, 0.15) is 11.1 Å². The van der Waals surface area contributed by atoms with Gasteiger partial charge in [0.1, 0.15) is 0 Å². The molecule has 1 N–H and O–H groups in total. The van der Waals surface area contributed by atoms with Gasteiger partial charge in [0.2, 0.25) is 15.9 Å². The SMILES string of the molecule is Cc1ccccc1CS(=O)(=O)Nc1oncc1-c1ccc(Cl)cc1. The highest BCUT2D eigenvalue weighted by Crippen LogP contribution is 2.29. The largest absolute Gasteiger partial charge is 0.337 e. The Balaban J connectivity index is 1.85. The predicted octanol–water partition coefficient (Wildman–Crippen LogP) is 4.25. The summed E-state index contributed by atoms with van der Waals surface area (Å²) in [5.41, 5.74) is 2.96. The molecule has 7 heteroatoms. The van der Waals surface area contributed by atoms with Gasteiger partial charge < -0.3 is 4.52 Å². The first-order valence-electron chi connectivity index (χ1n) is 7.20. The zero-order chi connectivity index (χ0) is 17.2. The van der Waals surface area contributed by atoms with E-state index in [0.29, 0.717) is 10.6 Å². The average molecular weight is 363 g/mol. The molecule has 0 aliphatic carbocycles. The van der Waals surface area contributed by atoms with Gasteiger partial charge >= 0.3 is 0 Å².